The van der Waals surface area contributed by atoms with E-state index in [9.17, 15) is 4.79 Å². The van der Waals surface area contributed by atoms with Crippen LogP contribution in [0.3, 0.4) is 0 Å². The van der Waals surface area contributed by atoms with Crippen LogP contribution >= 0.6 is 46.4 Å². The third kappa shape index (κ3) is 5.71. The van der Waals surface area contributed by atoms with E-state index in [1.165, 1.54) is 6.08 Å². The van der Waals surface area contributed by atoms with Gasteiger partial charge in [-0.3, -0.25) is 4.79 Å². The molecule has 0 saturated heterocycles. The van der Waals surface area contributed by atoms with E-state index < -0.39 is 0 Å². The zero-order valence-corrected chi connectivity index (χ0v) is 18.8. The molecular formula is C23H16Cl4O3. The van der Waals surface area contributed by atoms with Crippen molar-refractivity contribution >= 4 is 58.3 Å². The van der Waals surface area contributed by atoms with E-state index in [0.717, 1.165) is 11.1 Å². The standard InChI is InChI=1S/C23H16Cl4O3/c1-29-22-9-3-14(2-8-21(28)15-4-6-17(24)7-5-15)10-16(22)13-30-23-19(26)11-18(25)12-20(23)27/h2-12H,13H2,1H3/b8-2+. The highest BCUT2D eigenvalue weighted by Crippen LogP contribution is 2.36. The molecule has 0 aliphatic heterocycles. The molecule has 0 amide bonds. The first-order valence-electron chi connectivity index (χ1n) is 8.79. The molecule has 154 valence electrons. The fourth-order valence-corrected chi connectivity index (χ4v) is 3.77. The van der Waals surface area contributed by atoms with E-state index >= 15 is 0 Å². The molecule has 30 heavy (non-hydrogen) atoms. The van der Waals surface area contributed by atoms with Gasteiger partial charge in [0.25, 0.3) is 0 Å². The summed E-state index contributed by atoms with van der Waals surface area (Å²) >= 11 is 24.1. The van der Waals surface area contributed by atoms with Crippen LogP contribution in [-0.2, 0) is 6.61 Å². The fraction of sp³-hybridized carbons (Fsp3) is 0.0870. The number of allylic oxidation sites excluding steroid dienone is 1. The highest BCUT2D eigenvalue weighted by atomic mass is 35.5. The van der Waals surface area contributed by atoms with Crippen LogP contribution in [0.2, 0.25) is 20.1 Å². The van der Waals surface area contributed by atoms with Crippen molar-refractivity contribution in [3.8, 4) is 11.5 Å². The average Bonchev–Trinajstić information content (AvgIpc) is 2.71. The zero-order chi connectivity index (χ0) is 21.7. The maximum atomic E-state index is 12.3. The van der Waals surface area contributed by atoms with Crippen LogP contribution in [0.5, 0.6) is 11.5 Å². The number of hydrogen-bond donors (Lipinski definition) is 0. The molecule has 0 heterocycles. The van der Waals surface area contributed by atoms with Crippen molar-refractivity contribution in [2.24, 2.45) is 0 Å². The minimum absolute atomic E-state index is 0.125. The summed E-state index contributed by atoms with van der Waals surface area (Å²) in [6.07, 6.45) is 3.23. The molecule has 3 aromatic rings. The number of ether oxygens (including phenoxy) is 2. The van der Waals surface area contributed by atoms with Gasteiger partial charge >= 0.3 is 0 Å². The molecule has 0 fully saturated rings. The van der Waals surface area contributed by atoms with Crippen LogP contribution in [0.1, 0.15) is 21.5 Å². The summed E-state index contributed by atoms with van der Waals surface area (Å²) in [4.78, 5) is 12.3. The Morgan fingerprint density at radius 3 is 2.20 bits per heavy atom. The van der Waals surface area contributed by atoms with Crippen molar-refractivity contribution in [3.05, 3.63) is 97.5 Å². The quantitative estimate of drug-likeness (QED) is 0.255. The average molecular weight is 482 g/mol. The summed E-state index contributed by atoms with van der Waals surface area (Å²) < 4.78 is 11.2. The van der Waals surface area contributed by atoms with Gasteiger partial charge in [0.1, 0.15) is 12.4 Å². The van der Waals surface area contributed by atoms with Crippen molar-refractivity contribution < 1.29 is 14.3 Å². The largest absolute Gasteiger partial charge is 0.496 e. The topological polar surface area (TPSA) is 35.5 Å². The molecule has 0 aromatic heterocycles. The van der Waals surface area contributed by atoms with E-state index in [1.807, 2.05) is 12.1 Å². The summed E-state index contributed by atoms with van der Waals surface area (Å²) in [6, 6.07) is 15.3. The number of carbonyl (C=O) groups excluding carboxylic acids is 1. The van der Waals surface area contributed by atoms with Crippen LogP contribution in [0.15, 0.2) is 60.7 Å². The number of hydrogen-bond acceptors (Lipinski definition) is 3. The highest BCUT2D eigenvalue weighted by Gasteiger charge is 2.12. The molecule has 3 nitrogen and oxygen atoms in total. The molecular weight excluding hydrogens is 466 g/mol. The Labute approximate surface area is 194 Å². The lowest BCUT2D eigenvalue weighted by Gasteiger charge is -2.13. The summed E-state index contributed by atoms with van der Waals surface area (Å²) in [5.74, 6) is 0.848. The molecule has 0 aliphatic carbocycles. The lowest BCUT2D eigenvalue weighted by Crippen LogP contribution is -2.00. The third-order valence-electron chi connectivity index (χ3n) is 4.20. The van der Waals surface area contributed by atoms with E-state index in [2.05, 4.69) is 0 Å². The minimum atomic E-state index is -0.125. The predicted octanol–water partition coefficient (Wildman–Crippen LogP) is 7.78. The normalized spacial score (nSPS) is 11.0. The fourth-order valence-electron chi connectivity index (χ4n) is 2.71. The van der Waals surface area contributed by atoms with E-state index in [1.54, 1.807) is 55.7 Å². The van der Waals surface area contributed by atoms with Gasteiger partial charge in [0.05, 0.1) is 17.2 Å². The number of rotatable bonds is 7. The van der Waals surface area contributed by atoms with E-state index in [0.29, 0.717) is 37.2 Å². The Morgan fingerprint density at radius 2 is 1.57 bits per heavy atom. The van der Waals surface area contributed by atoms with Crippen LogP contribution in [0, 0.1) is 0 Å². The van der Waals surface area contributed by atoms with Gasteiger partial charge in [-0.05, 0) is 60.2 Å². The molecule has 0 atom stereocenters. The zero-order valence-electron chi connectivity index (χ0n) is 15.8. The van der Waals surface area contributed by atoms with Crippen molar-refractivity contribution in [1.29, 1.82) is 0 Å². The molecule has 0 saturated carbocycles. The first kappa shape index (κ1) is 22.5. The van der Waals surface area contributed by atoms with Crippen LogP contribution < -0.4 is 9.47 Å². The first-order valence-corrected chi connectivity index (χ1v) is 10.3. The van der Waals surface area contributed by atoms with Gasteiger partial charge in [0.2, 0.25) is 0 Å². The lowest BCUT2D eigenvalue weighted by molar-refractivity contribution is 0.104. The molecule has 0 spiro atoms. The van der Waals surface area contributed by atoms with Crippen molar-refractivity contribution in [2.75, 3.05) is 7.11 Å². The van der Waals surface area contributed by atoms with Gasteiger partial charge in [-0.25, -0.2) is 0 Å². The van der Waals surface area contributed by atoms with Gasteiger partial charge in [-0.15, -0.1) is 0 Å². The summed E-state index contributed by atoms with van der Waals surface area (Å²) in [6.45, 7) is 0.164. The molecule has 0 radical (unpaired) electrons. The summed E-state index contributed by atoms with van der Waals surface area (Å²) in [7, 11) is 1.57. The second kappa shape index (κ2) is 10.2. The van der Waals surface area contributed by atoms with Crippen molar-refractivity contribution in [2.45, 2.75) is 6.61 Å². The predicted molar refractivity (Wildman–Crippen MR) is 124 cm³/mol. The number of benzene rings is 3. The Kier molecular flexibility index (Phi) is 7.68. The van der Waals surface area contributed by atoms with E-state index in [-0.39, 0.29) is 12.4 Å². The second-order valence-electron chi connectivity index (χ2n) is 6.26. The second-order valence-corrected chi connectivity index (χ2v) is 7.95. The molecule has 0 aliphatic rings. The Morgan fingerprint density at radius 1 is 0.900 bits per heavy atom. The monoisotopic (exact) mass is 480 g/mol. The van der Waals surface area contributed by atoms with Gasteiger partial charge in [-0.2, -0.15) is 0 Å². The summed E-state index contributed by atoms with van der Waals surface area (Å²) in [5, 5.41) is 1.63. The maximum Gasteiger partial charge on any atom is 0.185 e. The van der Waals surface area contributed by atoms with Gasteiger partial charge in [0.15, 0.2) is 11.5 Å². The molecule has 0 N–H and O–H groups in total. The smallest absolute Gasteiger partial charge is 0.185 e. The van der Waals surface area contributed by atoms with Gasteiger partial charge in [-0.1, -0.05) is 58.5 Å². The number of ketones is 1. The van der Waals surface area contributed by atoms with Crippen molar-refractivity contribution in [3.63, 3.8) is 0 Å². The maximum absolute atomic E-state index is 12.3. The Balaban J connectivity index is 1.78. The lowest BCUT2D eigenvalue weighted by atomic mass is 10.1. The van der Waals surface area contributed by atoms with E-state index in [4.69, 9.17) is 55.9 Å². The molecule has 3 aromatic carbocycles. The first-order chi connectivity index (χ1) is 14.4. The van der Waals surface area contributed by atoms with Crippen LogP contribution in [0.25, 0.3) is 6.08 Å². The Bertz CT molecular complexity index is 1070. The third-order valence-corrected chi connectivity index (χ3v) is 5.23. The van der Waals surface area contributed by atoms with Gasteiger partial charge < -0.3 is 9.47 Å². The minimum Gasteiger partial charge on any atom is -0.496 e. The van der Waals surface area contributed by atoms with Crippen LogP contribution in [-0.4, -0.2) is 12.9 Å². The molecule has 0 bridgehead atoms. The van der Waals surface area contributed by atoms with Gasteiger partial charge in [0, 0.05) is 21.2 Å². The van der Waals surface area contributed by atoms with Crippen molar-refractivity contribution in [1.82, 2.24) is 0 Å². The molecule has 7 heteroatoms. The highest BCUT2D eigenvalue weighted by molar-refractivity contribution is 6.40. The Hall–Kier alpha value is -2.17. The number of carbonyl (C=O) groups is 1. The molecule has 3 rings (SSSR count). The summed E-state index contributed by atoms with van der Waals surface area (Å²) in [5.41, 5.74) is 2.13. The number of halogens is 4. The van der Waals surface area contributed by atoms with Crippen LogP contribution in [0.4, 0.5) is 0 Å². The SMILES string of the molecule is COc1ccc(/C=C/C(=O)c2ccc(Cl)cc2)cc1COc1c(Cl)cc(Cl)cc1Cl. The molecule has 0 unspecified atom stereocenters. The number of methoxy groups -OCH3 is 1.